The molecule has 1 rings (SSSR count). The van der Waals surface area contributed by atoms with Gasteiger partial charge in [0.05, 0.1) is 6.17 Å². The lowest BCUT2D eigenvalue weighted by molar-refractivity contribution is 0.165. The van der Waals surface area contributed by atoms with Gasteiger partial charge in [0.25, 0.3) is 0 Å². The van der Waals surface area contributed by atoms with E-state index < -0.39 is 0 Å². The van der Waals surface area contributed by atoms with Crippen LogP contribution in [0, 0.1) is 0 Å². The molecule has 226 valence electrons. The quantitative estimate of drug-likeness (QED) is 0.0848. The minimum absolute atomic E-state index is 0.569. The van der Waals surface area contributed by atoms with E-state index in [2.05, 4.69) is 43.0 Å². The van der Waals surface area contributed by atoms with Crippen LogP contribution in [0.1, 0.15) is 201 Å². The molecule has 0 amide bonds. The normalized spacial score (nSPS) is 15.3. The molecule has 0 aromatic heterocycles. The molecule has 0 saturated heterocycles. The van der Waals surface area contributed by atoms with Crippen LogP contribution < -0.4 is 0 Å². The fourth-order valence-electron chi connectivity index (χ4n) is 6.11. The number of hydrogen-bond donors (Lipinski definition) is 0. The molecule has 0 radical (unpaired) electrons. The van der Waals surface area contributed by atoms with Crippen LogP contribution in [0.3, 0.4) is 0 Å². The highest BCUT2D eigenvalue weighted by Crippen LogP contribution is 2.19. The first-order chi connectivity index (χ1) is 18.8. The summed E-state index contributed by atoms with van der Waals surface area (Å²) in [5, 5.41) is 0. The number of nitrogens with zero attached hydrogens (tertiary/aromatic N) is 2. The van der Waals surface area contributed by atoms with Crippen molar-refractivity contribution >= 4 is 0 Å². The Kier molecular flexibility index (Phi) is 26.0. The molecule has 2 heteroatoms. The Labute approximate surface area is 241 Å². The molecule has 0 saturated carbocycles. The van der Waals surface area contributed by atoms with E-state index in [1.54, 1.807) is 0 Å². The summed E-state index contributed by atoms with van der Waals surface area (Å²) >= 11 is 0. The maximum atomic E-state index is 2.57. The SMILES string of the molecule is CCCCCCCCCCCCCCCCCCN1C=CN(CCCCCCCCCCCCCC)C1C. The number of rotatable bonds is 30. The van der Waals surface area contributed by atoms with E-state index in [1.807, 2.05) is 0 Å². The monoisotopic (exact) mass is 533 g/mol. The van der Waals surface area contributed by atoms with Gasteiger partial charge in [0, 0.05) is 25.5 Å². The van der Waals surface area contributed by atoms with Crippen molar-refractivity contribution in [2.45, 2.75) is 207 Å². The van der Waals surface area contributed by atoms with Crippen molar-refractivity contribution in [1.82, 2.24) is 9.80 Å². The molecular formula is C36H72N2. The van der Waals surface area contributed by atoms with Gasteiger partial charge in [-0.3, -0.25) is 0 Å². The van der Waals surface area contributed by atoms with Gasteiger partial charge in [-0.2, -0.15) is 0 Å². The molecule has 2 nitrogen and oxygen atoms in total. The van der Waals surface area contributed by atoms with Gasteiger partial charge < -0.3 is 9.80 Å². The Morgan fingerprint density at radius 3 is 0.789 bits per heavy atom. The zero-order valence-electron chi connectivity index (χ0n) is 26.8. The average Bonchev–Trinajstić information content (AvgIpc) is 3.27. The van der Waals surface area contributed by atoms with Crippen molar-refractivity contribution in [2.75, 3.05) is 13.1 Å². The van der Waals surface area contributed by atoms with Crippen LogP contribution in [-0.4, -0.2) is 29.1 Å². The summed E-state index contributed by atoms with van der Waals surface area (Å²) in [7, 11) is 0. The zero-order chi connectivity index (χ0) is 27.4. The lowest BCUT2D eigenvalue weighted by atomic mass is 10.0. The van der Waals surface area contributed by atoms with E-state index in [0.717, 1.165) is 0 Å². The Bertz CT molecular complexity index is 488. The lowest BCUT2D eigenvalue weighted by Crippen LogP contribution is -2.36. The first kappa shape index (κ1) is 35.4. The van der Waals surface area contributed by atoms with E-state index >= 15 is 0 Å². The second-order valence-corrected chi connectivity index (χ2v) is 12.6. The van der Waals surface area contributed by atoms with Crippen LogP contribution in [0.4, 0.5) is 0 Å². The van der Waals surface area contributed by atoms with E-state index in [9.17, 15) is 0 Å². The molecule has 1 atom stereocenters. The minimum Gasteiger partial charge on any atom is -0.356 e. The Morgan fingerprint density at radius 1 is 0.342 bits per heavy atom. The molecule has 0 fully saturated rings. The Morgan fingerprint density at radius 2 is 0.553 bits per heavy atom. The fourth-order valence-corrected chi connectivity index (χ4v) is 6.11. The van der Waals surface area contributed by atoms with Gasteiger partial charge in [-0.1, -0.05) is 181 Å². The van der Waals surface area contributed by atoms with Gasteiger partial charge in [0.15, 0.2) is 0 Å². The van der Waals surface area contributed by atoms with Gasteiger partial charge in [-0.05, 0) is 19.8 Å². The van der Waals surface area contributed by atoms with Crippen molar-refractivity contribution in [2.24, 2.45) is 0 Å². The average molecular weight is 533 g/mol. The lowest BCUT2D eigenvalue weighted by Gasteiger charge is -2.30. The molecule has 0 spiro atoms. The van der Waals surface area contributed by atoms with E-state index in [4.69, 9.17) is 0 Å². The molecule has 0 aliphatic carbocycles. The highest BCUT2D eigenvalue weighted by Gasteiger charge is 2.20. The zero-order valence-corrected chi connectivity index (χ0v) is 26.8. The highest BCUT2D eigenvalue weighted by molar-refractivity contribution is 4.95. The molecule has 0 aromatic rings. The predicted molar refractivity (Wildman–Crippen MR) is 173 cm³/mol. The molecule has 38 heavy (non-hydrogen) atoms. The first-order valence-corrected chi connectivity index (χ1v) is 18.0. The summed E-state index contributed by atoms with van der Waals surface area (Å²) in [4.78, 5) is 5.15. The summed E-state index contributed by atoms with van der Waals surface area (Å²) < 4.78 is 0. The third-order valence-electron chi connectivity index (χ3n) is 8.95. The molecule has 0 bridgehead atoms. The fraction of sp³-hybridized carbons (Fsp3) is 0.944. The topological polar surface area (TPSA) is 6.48 Å². The van der Waals surface area contributed by atoms with Gasteiger partial charge >= 0.3 is 0 Å². The summed E-state index contributed by atoms with van der Waals surface area (Å²) in [6.07, 6.45) is 45.7. The molecule has 0 aromatic carbocycles. The predicted octanol–water partition coefficient (Wildman–Crippen LogP) is 12.4. The van der Waals surface area contributed by atoms with Gasteiger partial charge in [-0.15, -0.1) is 0 Å². The molecule has 1 aliphatic heterocycles. The second-order valence-electron chi connectivity index (χ2n) is 12.6. The van der Waals surface area contributed by atoms with Crippen LogP contribution in [0.5, 0.6) is 0 Å². The molecule has 1 heterocycles. The highest BCUT2D eigenvalue weighted by atomic mass is 15.4. The first-order valence-electron chi connectivity index (χ1n) is 18.0. The summed E-state index contributed by atoms with van der Waals surface area (Å²) in [5.74, 6) is 0. The number of hydrogen-bond acceptors (Lipinski definition) is 2. The second kappa shape index (κ2) is 27.9. The Balaban J connectivity index is 1.82. The van der Waals surface area contributed by atoms with Crippen molar-refractivity contribution in [3.63, 3.8) is 0 Å². The van der Waals surface area contributed by atoms with Gasteiger partial charge in [0.2, 0.25) is 0 Å². The maximum absolute atomic E-state index is 2.57. The van der Waals surface area contributed by atoms with Crippen LogP contribution in [0.15, 0.2) is 12.4 Å². The Hall–Kier alpha value is -0.660. The van der Waals surface area contributed by atoms with Crippen molar-refractivity contribution in [3.05, 3.63) is 12.4 Å². The molecule has 1 unspecified atom stereocenters. The third kappa shape index (κ3) is 21.2. The third-order valence-corrected chi connectivity index (χ3v) is 8.95. The van der Waals surface area contributed by atoms with E-state index in [-0.39, 0.29) is 0 Å². The molecule has 1 aliphatic rings. The summed E-state index contributed by atoms with van der Waals surface area (Å²) in [5.41, 5.74) is 0. The summed E-state index contributed by atoms with van der Waals surface area (Å²) in [6, 6.07) is 0. The maximum Gasteiger partial charge on any atom is 0.0977 e. The van der Waals surface area contributed by atoms with Gasteiger partial charge in [0.1, 0.15) is 0 Å². The smallest absolute Gasteiger partial charge is 0.0977 e. The van der Waals surface area contributed by atoms with Crippen LogP contribution in [-0.2, 0) is 0 Å². The van der Waals surface area contributed by atoms with Crippen LogP contribution in [0.2, 0.25) is 0 Å². The standard InChI is InChI=1S/C36H72N2/c1-4-6-8-10-12-14-16-18-19-20-21-23-25-27-29-31-33-38-35-34-37(36(38)3)32-30-28-26-24-22-17-15-13-11-9-7-5-2/h34-36H,4-33H2,1-3H3. The van der Waals surface area contributed by atoms with Gasteiger partial charge in [-0.25, -0.2) is 0 Å². The molecular weight excluding hydrogens is 460 g/mol. The van der Waals surface area contributed by atoms with Crippen molar-refractivity contribution < 1.29 is 0 Å². The van der Waals surface area contributed by atoms with E-state index in [1.165, 1.54) is 193 Å². The van der Waals surface area contributed by atoms with Crippen molar-refractivity contribution in [1.29, 1.82) is 0 Å². The largest absolute Gasteiger partial charge is 0.356 e. The molecule has 0 N–H and O–H groups in total. The van der Waals surface area contributed by atoms with Crippen molar-refractivity contribution in [3.8, 4) is 0 Å². The van der Waals surface area contributed by atoms with Crippen LogP contribution in [0.25, 0.3) is 0 Å². The number of unbranched alkanes of at least 4 members (excludes halogenated alkanes) is 26. The van der Waals surface area contributed by atoms with E-state index in [0.29, 0.717) is 6.17 Å². The summed E-state index contributed by atoms with van der Waals surface area (Å²) in [6.45, 7) is 9.49. The minimum atomic E-state index is 0.569. The van der Waals surface area contributed by atoms with Crippen LogP contribution >= 0.6 is 0 Å².